The van der Waals surface area contributed by atoms with E-state index in [1.54, 1.807) is 11.9 Å². The third-order valence-electron chi connectivity index (χ3n) is 4.86. The number of carbonyl (C=O) groups excluding carboxylic acids is 2. The van der Waals surface area contributed by atoms with Crippen LogP contribution in [0.25, 0.3) is 10.9 Å². The van der Waals surface area contributed by atoms with E-state index in [1.165, 1.54) is 10.5 Å². The van der Waals surface area contributed by atoms with Gasteiger partial charge in [0.2, 0.25) is 5.91 Å². The van der Waals surface area contributed by atoms with Crippen LogP contribution in [0.2, 0.25) is 0 Å². The second-order valence-electron chi connectivity index (χ2n) is 6.05. The maximum atomic E-state index is 12.8. The van der Waals surface area contributed by atoms with Crippen molar-refractivity contribution >= 4 is 22.7 Å². The van der Waals surface area contributed by atoms with Crippen LogP contribution in [0.4, 0.5) is 0 Å². The van der Waals surface area contributed by atoms with Gasteiger partial charge in [-0.3, -0.25) is 9.59 Å². The van der Waals surface area contributed by atoms with Crippen molar-refractivity contribution in [2.45, 2.75) is 18.9 Å². The zero-order chi connectivity index (χ0) is 14.8. The van der Waals surface area contributed by atoms with Crippen molar-refractivity contribution in [3.63, 3.8) is 0 Å². The smallest absolute Gasteiger partial charge is 0.254 e. The molecule has 108 valence electrons. The number of hydrogen-bond acceptors (Lipinski definition) is 2. The number of likely N-dealkylation sites (N-methyl/N-ethyl adjacent to an activating group) is 1. The van der Waals surface area contributed by atoms with Crippen LogP contribution >= 0.6 is 0 Å². The van der Waals surface area contributed by atoms with Gasteiger partial charge in [0.1, 0.15) is 0 Å². The van der Waals surface area contributed by atoms with Gasteiger partial charge in [0, 0.05) is 24.5 Å². The van der Waals surface area contributed by atoms with E-state index in [0.717, 1.165) is 23.0 Å². The monoisotopic (exact) mass is 283 g/mol. The number of rotatable bonds is 0. The van der Waals surface area contributed by atoms with Crippen molar-refractivity contribution in [2.75, 3.05) is 20.1 Å². The molecule has 0 saturated carbocycles. The lowest BCUT2D eigenvalue weighted by molar-refractivity contribution is -0.164. The Morgan fingerprint density at radius 1 is 1.24 bits per heavy atom. The first-order chi connectivity index (χ1) is 10.0. The number of hydrogen-bond donors (Lipinski definition) is 1. The van der Waals surface area contributed by atoms with Gasteiger partial charge in [-0.05, 0) is 25.0 Å². The number of fused-ring (bicyclic) bond motifs is 5. The van der Waals surface area contributed by atoms with Crippen molar-refractivity contribution in [1.29, 1.82) is 0 Å². The predicted octanol–water partition coefficient (Wildman–Crippen LogP) is 1.24. The van der Waals surface area contributed by atoms with E-state index >= 15 is 0 Å². The predicted molar refractivity (Wildman–Crippen MR) is 78.7 cm³/mol. The summed E-state index contributed by atoms with van der Waals surface area (Å²) in [7, 11) is 1.69. The van der Waals surface area contributed by atoms with Gasteiger partial charge in [-0.2, -0.15) is 0 Å². The maximum absolute atomic E-state index is 12.8. The van der Waals surface area contributed by atoms with Gasteiger partial charge in [-0.1, -0.05) is 18.2 Å². The Bertz CT molecular complexity index is 779. The van der Waals surface area contributed by atoms with Crippen LogP contribution in [-0.2, 0) is 21.5 Å². The fraction of sp³-hybridized carbons (Fsp3) is 0.375. The average Bonchev–Trinajstić information content (AvgIpc) is 2.85. The first kappa shape index (κ1) is 12.4. The van der Waals surface area contributed by atoms with Crippen molar-refractivity contribution in [3.05, 3.63) is 35.5 Å². The van der Waals surface area contributed by atoms with E-state index in [1.807, 2.05) is 25.1 Å². The fourth-order valence-corrected chi connectivity index (χ4v) is 3.79. The summed E-state index contributed by atoms with van der Waals surface area (Å²) in [6.45, 7) is 2.63. The fourth-order valence-electron chi connectivity index (χ4n) is 3.79. The van der Waals surface area contributed by atoms with Crippen LogP contribution in [0.3, 0.4) is 0 Å². The van der Waals surface area contributed by atoms with E-state index in [0.29, 0.717) is 6.54 Å². The van der Waals surface area contributed by atoms with Crippen molar-refractivity contribution in [1.82, 2.24) is 14.8 Å². The average molecular weight is 283 g/mol. The molecule has 0 unspecified atom stereocenters. The highest BCUT2D eigenvalue weighted by Crippen LogP contribution is 2.41. The quantitative estimate of drug-likeness (QED) is 0.791. The number of aromatic amines is 1. The summed E-state index contributed by atoms with van der Waals surface area (Å²) in [4.78, 5) is 31.8. The molecule has 3 heterocycles. The summed E-state index contributed by atoms with van der Waals surface area (Å²) in [5.41, 5.74) is 2.16. The second kappa shape index (κ2) is 3.87. The van der Waals surface area contributed by atoms with E-state index in [4.69, 9.17) is 0 Å². The molecule has 5 heteroatoms. The summed E-state index contributed by atoms with van der Waals surface area (Å²) >= 11 is 0. The minimum atomic E-state index is -0.906. The Labute approximate surface area is 122 Å². The highest BCUT2D eigenvalue weighted by atomic mass is 16.2. The third kappa shape index (κ3) is 1.41. The molecule has 1 N–H and O–H groups in total. The molecule has 1 fully saturated rings. The van der Waals surface area contributed by atoms with Crippen LogP contribution < -0.4 is 0 Å². The van der Waals surface area contributed by atoms with Gasteiger partial charge in [0.05, 0.1) is 12.2 Å². The summed E-state index contributed by atoms with van der Waals surface area (Å²) < 4.78 is 0. The van der Waals surface area contributed by atoms with E-state index < -0.39 is 5.54 Å². The number of para-hydroxylation sites is 1. The van der Waals surface area contributed by atoms with Gasteiger partial charge >= 0.3 is 0 Å². The van der Waals surface area contributed by atoms with Crippen LogP contribution in [0.1, 0.15) is 18.2 Å². The molecular formula is C16H17N3O2. The largest absolute Gasteiger partial charge is 0.356 e. The van der Waals surface area contributed by atoms with Gasteiger partial charge < -0.3 is 14.8 Å². The van der Waals surface area contributed by atoms with Gasteiger partial charge in [0.25, 0.3) is 5.91 Å². The molecule has 0 spiro atoms. The van der Waals surface area contributed by atoms with Crippen LogP contribution in [-0.4, -0.2) is 46.7 Å². The van der Waals surface area contributed by atoms with Crippen molar-refractivity contribution in [2.24, 2.45) is 0 Å². The lowest BCUT2D eigenvalue weighted by Crippen LogP contribution is -2.66. The molecule has 5 nitrogen and oxygen atoms in total. The highest BCUT2D eigenvalue weighted by molar-refractivity contribution is 6.00. The molecule has 2 aliphatic rings. The number of nitrogens with zero attached hydrogens (tertiary/aromatic N) is 2. The van der Waals surface area contributed by atoms with Crippen LogP contribution in [0, 0.1) is 0 Å². The molecule has 1 aromatic heterocycles. The standard InChI is InChI=1S/C16H17N3O2/c1-16-14-11(10-5-3-4-6-12(10)17-14)7-8-19(16)13(20)9-18(2)15(16)21/h3-6,17H,7-9H2,1-2H3/t16-/m1/s1. The molecule has 21 heavy (non-hydrogen) atoms. The lowest BCUT2D eigenvalue weighted by atomic mass is 9.83. The van der Waals surface area contributed by atoms with Crippen molar-refractivity contribution in [3.8, 4) is 0 Å². The zero-order valence-electron chi connectivity index (χ0n) is 12.1. The van der Waals surface area contributed by atoms with Gasteiger partial charge in [-0.15, -0.1) is 0 Å². The molecule has 1 saturated heterocycles. The summed E-state index contributed by atoms with van der Waals surface area (Å²) in [5, 5.41) is 1.15. The lowest BCUT2D eigenvalue weighted by Gasteiger charge is -2.48. The molecule has 0 radical (unpaired) electrons. The number of piperazine rings is 1. The molecule has 2 aliphatic heterocycles. The van der Waals surface area contributed by atoms with Gasteiger partial charge in [0.15, 0.2) is 5.54 Å². The Hall–Kier alpha value is -2.30. The maximum Gasteiger partial charge on any atom is 0.254 e. The molecule has 2 aromatic rings. The molecular weight excluding hydrogens is 266 g/mol. The molecule has 1 atom stereocenters. The SMILES string of the molecule is CN1CC(=O)N2CCc3c([nH]c4ccccc34)[C@]2(C)C1=O. The Morgan fingerprint density at radius 2 is 2.00 bits per heavy atom. The molecule has 4 rings (SSSR count). The molecule has 2 amide bonds. The van der Waals surface area contributed by atoms with Crippen LogP contribution in [0.15, 0.2) is 24.3 Å². The highest BCUT2D eigenvalue weighted by Gasteiger charge is 2.53. The van der Waals surface area contributed by atoms with E-state index in [-0.39, 0.29) is 18.4 Å². The number of carbonyl (C=O) groups is 2. The number of aromatic nitrogens is 1. The second-order valence-corrected chi connectivity index (χ2v) is 6.05. The Kier molecular flexibility index (Phi) is 2.29. The minimum absolute atomic E-state index is 0.0175. The first-order valence-corrected chi connectivity index (χ1v) is 7.19. The van der Waals surface area contributed by atoms with E-state index in [9.17, 15) is 9.59 Å². The number of nitrogens with one attached hydrogen (secondary N) is 1. The summed E-state index contributed by atoms with van der Waals surface area (Å²) in [6.07, 6.45) is 0.789. The summed E-state index contributed by atoms with van der Waals surface area (Å²) in [5.74, 6) is -0.00138. The zero-order valence-corrected chi connectivity index (χ0v) is 12.1. The number of H-pyrrole nitrogens is 1. The minimum Gasteiger partial charge on any atom is -0.356 e. The molecule has 1 aromatic carbocycles. The molecule has 0 bridgehead atoms. The Balaban J connectivity index is 2.00. The molecule has 0 aliphatic carbocycles. The topological polar surface area (TPSA) is 56.4 Å². The number of benzene rings is 1. The number of amides is 2. The van der Waals surface area contributed by atoms with Crippen molar-refractivity contribution < 1.29 is 9.59 Å². The van der Waals surface area contributed by atoms with Gasteiger partial charge in [-0.25, -0.2) is 0 Å². The summed E-state index contributed by atoms with van der Waals surface area (Å²) in [6, 6.07) is 8.07. The third-order valence-corrected chi connectivity index (χ3v) is 4.86. The normalized spacial score (nSPS) is 25.2. The Morgan fingerprint density at radius 3 is 2.81 bits per heavy atom. The first-order valence-electron chi connectivity index (χ1n) is 7.19. The van der Waals surface area contributed by atoms with Crippen LogP contribution in [0.5, 0.6) is 0 Å². The van der Waals surface area contributed by atoms with E-state index in [2.05, 4.69) is 11.1 Å².